The lowest BCUT2D eigenvalue weighted by Crippen LogP contribution is -2.30. The van der Waals surface area contributed by atoms with Gasteiger partial charge in [-0.15, -0.1) is 0 Å². The maximum absolute atomic E-state index is 5.86. The van der Waals surface area contributed by atoms with Gasteiger partial charge in [0.1, 0.15) is 0 Å². The molecule has 0 heterocycles. The summed E-state index contributed by atoms with van der Waals surface area (Å²) >= 11 is 4.46. The summed E-state index contributed by atoms with van der Waals surface area (Å²) < 4.78 is 2.28. The molecule has 0 aliphatic carbocycles. The highest BCUT2D eigenvalue weighted by molar-refractivity contribution is 14.1. The first-order chi connectivity index (χ1) is 9.54. The summed E-state index contributed by atoms with van der Waals surface area (Å²) in [6.45, 7) is 0. The SMILES string of the molecule is NC(=Nc1ccc(I)cc1)C(N)=Nc1ccc(I)cc1. The van der Waals surface area contributed by atoms with Crippen molar-refractivity contribution >= 4 is 68.2 Å². The summed E-state index contributed by atoms with van der Waals surface area (Å²) in [6.07, 6.45) is 0. The minimum Gasteiger partial charge on any atom is -0.381 e. The minimum atomic E-state index is 0.213. The Morgan fingerprint density at radius 3 is 1.25 bits per heavy atom. The first-order valence-electron chi connectivity index (χ1n) is 5.74. The average Bonchev–Trinajstić information content (AvgIpc) is 2.44. The van der Waals surface area contributed by atoms with E-state index in [9.17, 15) is 0 Å². The minimum absolute atomic E-state index is 0.213. The predicted octanol–water partition coefficient (Wildman–Crippen LogP) is 3.57. The van der Waals surface area contributed by atoms with E-state index in [0.717, 1.165) is 18.5 Å². The number of amidine groups is 2. The number of hydrogen-bond donors (Lipinski definition) is 2. The molecule has 0 unspecified atom stereocenters. The van der Waals surface area contributed by atoms with Crippen molar-refractivity contribution in [3.05, 3.63) is 55.7 Å². The van der Waals surface area contributed by atoms with Crippen LogP contribution in [0.1, 0.15) is 0 Å². The zero-order chi connectivity index (χ0) is 14.5. The van der Waals surface area contributed by atoms with Crippen molar-refractivity contribution in [1.29, 1.82) is 0 Å². The molecular formula is C14H12I2N4. The second-order valence-electron chi connectivity index (χ2n) is 3.95. The molecule has 102 valence electrons. The van der Waals surface area contributed by atoms with Crippen molar-refractivity contribution in [3.8, 4) is 0 Å². The van der Waals surface area contributed by atoms with Gasteiger partial charge in [-0.25, -0.2) is 9.98 Å². The van der Waals surface area contributed by atoms with Crippen molar-refractivity contribution in [2.45, 2.75) is 0 Å². The lowest BCUT2D eigenvalue weighted by molar-refractivity contribution is 1.44. The summed E-state index contributed by atoms with van der Waals surface area (Å²) in [5.74, 6) is 0.425. The van der Waals surface area contributed by atoms with Gasteiger partial charge in [0.05, 0.1) is 11.4 Å². The zero-order valence-electron chi connectivity index (χ0n) is 10.4. The molecule has 6 heteroatoms. The van der Waals surface area contributed by atoms with Crippen LogP contribution in [-0.4, -0.2) is 11.7 Å². The molecule has 4 N–H and O–H groups in total. The predicted molar refractivity (Wildman–Crippen MR) is 101 cm³/mol. The van der Waals surface area contributed by atoms with Crippen LogP contribution in [0.2, 0.25) is 0 Å². The van der Waals surface area contributed by atoms with E-state index >= 15 is 0 Å². The van der Waals surface area contributed by atoms with Gasteiger partial charge in [-0.05, 0) is 93.7 Å². The highest BCUT2D eigenvalue weighted by atomic mass is 127. The van der Waals surface area contributed by atoms with Gasteiger partial charge in [0.15, 0.2) is 11.7 Å². The maximum Gasteiger partial charge on any atom is 0.166 e. The highest BCUT2D eigenvalue weighted by Crippen LogP contribution is 2.16. The molecule has 0 fully saturated rings. The number of hydrogen-bond acceptors (Lipinski definition) is 2. The van der Waals surface area contributed by atoms with Crippen LogP contribution in [0.15, 0.2) is 58.5 Å². The second-order valence-corrected chi connectivity index (χ2v) is 6.44. The smallest absolute Gasteiger partial charge is 0.166 e. The Kier molecular flexibility index (Phi) is 5.35. The Bertz CT molecular complexity index is 586. The van der Waals surface area contributed by atoms with Gasteiger partial charge >= 0.3 is 0 Å². The average molecular weight is 490 g/mol. The van der Waals surface area contributed by atoms with Crippen LogP contribution in [0.3, 0.4) is 0 Å². The molecule has 2 aromatic rings. The zero-order valence-corrected chi connectivity index (χ0v) is 14.7. The Balaban J connectivity index is 2.21. The molecule has 0 saturated heterocycles. The second kappa shape index (κ2) is 7.02. The van der Waals surface area contributed by atoms with Gasteiger partial charge < -0.3 is 11.5 Å². The largest absolute Gasteiger partial charge is 0.381 e. The van der Waals surface area contributed by atoms with Crippen LogP contribution >= 0.6 is 45.2 Å². The van der Waals surface area contributed by atoms with Crippen LogP contribution in [0.5, 0.6) is 0 Å². The third-order valence-electron chi connectivity index (χ3n) is 2.41. The fourth-order valence-electron chi connectivity index (χ4n) is 1.42. The van der Waals surface area contributed by atoms with Gasteiger partial charge in [0, 0.05) is 7.14 Å². The van der Waals surface area contributed by atoms with Crippen LogP contribution in [0, 0.1) is 7.14 Å². The van der Waals surface area contributed by atoms with Gasteiger partial charge in [0.25, 0.3) is 0 Å². The first kappa shape index (κ1) is 15.2. The van der Waals surface area contributed by atoms with Crippen LogP contribution in [0.4, 0.5) is 11.4 Å². The van der Waals surface area contributed by atoms with Crippen LogP contribution in [-0.2, 0) is 0 Å². The van der Waals surface area contributed by atoms with E-state index < -0.39 is 0 Å². The van der Waals surface area contributed by atoms with Crippen molar-refractivity contribution < 1.29 is 0 Å². The summed E-state index contributed by atoms with van der Waals surface area (Å²) in [5.41, 5.74) is 13.2. The Morgan fingerprint density at radius 2 is 0.950 bits per heavy atom. The molecule has 0 aromatic heterocycles. The monoisotopic (exact) mass is 490 g/mol. The normalized spacial score (nSPS) is 12.5. The summed E-state index contributed by atoms with van der Waals surface area (Å²) in [4.78, 5) is 8.50. The number of nitrogens with zero attached hydrogens (tertiary/aromatic N) is 2. The molecule has 0 amide bonds. The van der Waals surface area contributed by atoms with E-state index in [-0.39, 0.29) is 11.7 Å². The molecule has 0 aliphatic rings. The van der Waals surface area contributed by atoms with Crippen LogP contribution < -0.4 is 11.5 Å². The van der Waals surface area contributed by atoms with Crippen molar-refractivity contribution in [1.82, 2.24) is 0 Å². The molecule has 0 bridgehead atoms. The third kappa shape index (κ3) is 4.44. The van der Waals surface area contributed by atoms with Gasteiger partial charge in [-0.2, -0.15) is 0 Å². The molecule has 0 aliphatic heterocycles. The van der Waals surface area contributed by atoms with Gasteiger partial charge in [-0.3, -0.25) is 0 Å². The number of halogens is 2. The van der Waals surface area contributed by atoms with E-state index in [1.807, 2.05) is 48.5 Å². The molecule has 0 radical (unpaired) electrons. The van der Waals surface area contributed by atoms with E-state index in [0.29, 0.717) is 0 Å². The standard InChI is InChI=1S/C14H12I2N4/c15-9-1-5-11(6-2-9)19-13(17)14(18)20-12-7-3-10(16)4-8-12/h1-8H,(H2,17,19)(H2,18,20). The Hall–Kier alpha value is -1.16. The summed E-state index contributed by atoms with van der Waals surface area (Å²) in [7, 11) is 0. The van der Waals surface area contributed by atoms with E-state index in [4.69, 9.17) is 11.5 Å². The number of benzene rings is 2. The van der Waals surface area contributed by atoms with Gasteiger partial charge in [-0.1, -0.05) is 0 Å². The van der Waals surface area contributed by atoms with E-state index in [1.165, 1.54) is 0 Å². The topological polar surface area (TPSA) is 76.8 Å². The number of aliphatic imine (C=N–C) groups is 2. The molecule has 4 nitrogen and oxygen atoms in total. The van der Waals surface area contributed by atoms with Crippen LogP contribution in [0.25, 0.3) is 0 Å². The highest BCUT2D eigenvalue weighted by Gasteiger charge is 2.01. The lowest BCUT2D eigenvalue weighted by atomic mass is 10.3. The number of rotatable bonds is 2. The molecule has 0 saturated carbocycles. The fourth-order valence-corrected chi connectivity index (χ4v) is 2.14. The van der Waals surface area contributed by atoms with Crippen molar-refractivity contribution in [2.24, 2.45) is 21.5 Å². The lowest BCUT2D eigenvalue weighted by Gasteiger charge is -2.01. The quantitative estimate of drug-likeness (QED) is 0.384. The summed E-state index contributed by atoms with van der Waals surface area (Å²) in [6, 6.07) is 15.4. The molecule has 20 heavy (non-hydrogen) atoms. The number of nitrogens with two attached hydrogens (primary N) is 2. The van der Waals surface area contributed by atoms with Crippen molar-refractivity contribution in [2.75, 3.05) is 0 Å². The molecule has 0 atom stereocenters. The first-order valence-corrected chi connectivity index (χ1v) is 7.90. The maximum atomic E-state index is 5.86. The Labute approximate surface area is 144 Å². The van der Waals surface area contributed by atoms with E-state index in [2.05, 4.69) is 55.2 Å². The molecule has 0 spiro atoms. The Morgan fingerprint density at radius 1 is 0.650 bits per heavy atom. The summed E-state index contributed by atoms with van der Waals surface area (Å²) in [5, 5.41) is 0. The van der Waals surface area contributed by atoms with E-state index in [1.54, 1.807) is 0 Å². The molecule has 2 rings (SSSR count). The van der Waals surface area contributed by atoms with Gasteiger partial charge in [0.2, 0.25) is 0 Å². The molecule has 2 aromatic carbocycles. The fraction of sp³-hybridized carbons (Fsp3) is 0. The third-order valence-corrected chi connectivity index (χ3v) is 3.85. The van der Waals surface area contributed by atoms with Crippen molar-refractivity contribution in [3.63, 3.8) is 0 Å². The molecular weight excluding hydrogens is 478 g/mol.